The summed E-state index contributed by atoms with van der Waals surface area (Å²) in [7, 11) is 0. The van der Waals surface area contributed by atoms with Gasteiger partial charge in [0.05, 0.1) is 11.2 Å². The Balaban J connectivity index is 2.70. The average Bonchev–Trinajstić information content (AvgIpc) is 2.21. The standard InChI is InChI=1S/C10H8Cl3NO2/c11-9-5-8(16-4-3-10(12)13)2-1-7(9)6-14-15/h1-3,5-6,15H,4H2. The van der Waals surface area contributed by atoms with Gasteiger partial charge in [0, 0.05) is 5.56 Å². The third-order valence-electron chi connectivity index (χ3n) is 1.66. The van der Waals surface area contributed by atoms with E-state index in [4.69, 9.17) is 44.7 Å². The fraction of sp³-hybridized carbons (Fsp3) is 0.100. The first kappa shape index (κ1) is 13.2. The summed E-state index contributed by atoms with van der Waals surface area (Å²) in [6, 6.07) is 4.97. The molecule has 0 aliphatic heterocycles. The van der Waals surface area contributed by atoms with E-state index in [1.54, 1.807) is 18.2 Å². The van der Waals surface area contributed by atoms with Crippen LogP contribution in [0.4, 0.5) is 0 Å². The number of halogens is 3. The van der Waals surface area contributed by atoms with Crippen LogP contribution in [0.3, 0.4) is 0 Å². The van der Waals surface area contributed by atoms with Gasteiger partial charge < -0.3 is 9.94 Å². The summed E-state index contributed by atoms with van der Waals surface area (Å²) < 4.78 is 5.44. The Labute approximate surface area is 108 Å². The van der Waals surface area contributed by atoms with Crippen molar-refractivity contribution < 1.29 is 9.94 Å². The molecule has 0 heterocycles. The van der Waals surface area contributed by atoms with E-state index in [9.17, 15) is 0 Å². The minimum atomic E-state index is 0.148. The van der Waals surface area contributed by atoms with Gasteiger partial charge in [0.1, 0.15) is 16.8 Å². The zero-order chi connectivity index (χ0) is 12.0. The molecule has 86 valence electrons. The van der Waals surface area contributed by atoms with Gasteiger partial charge in [-0.2, -0.15) is 0 Å². The Morgan fingerprint density at radius 3 is 2.75 bits per heavy atom. The fourth-order valence-electron chi connectivity index (χ4n) is 0.965. The minimum Gasteiger partial charge on any atom is -0.489 e. The number of hydrogen-bond acceptors (Lipinski definition) is 3. The van der Waals surface area contributed by atoms with E-state index in [2.05, 4.69) is 5.16 Å². The van der Waals surface area contributed by atoms with Crippen molar-refractivity contribution in [3.05, 3.63) is 39.4 Å². The topological polar surface area (TPSA) is 41.8 Å². The first-order valence-corrected chi connectivity index (χ1v) is 5.38. The third kappa shape index (κ3) is 4.31. The molecule has 0 aliphatic carbocycles. The Hall–Kier alpha value is -0.900. The molecule has 1 aromatic carbocycles. The lowest BCUT2D eigenvalue weighted by molar-refractivity contribution is 0.322. The SMILES string of the molecule is ON=Cc1ccc(OCC=C(Cl)Cl)cc1Cl. The monoisotopic (exact) mass is 279 g/mol. The molecule has 1 aromatic rings. The Morgan fingerprint density at radius 1 is 1.44 bits per heavy atom. The van der Waals surface area contributed by atoms with Crippen LogP contribution in [-0.2, 0) is 0 Å². The molecule has 0 atom stereocenters. The Bertz CT molecular complexity index is 415. The van der Waals surface area contributed by atoms with Crippen molar-refractivity contribution in [3.8, 4) is 5.75 Å². The lowest BCUT2D eigenvalue weighted by Gasteiger charge is -2.04. The normalized spacial score (nSPS) is 10.4. The molecule has 0 unspecified atom stereocenters. The molecule has 1 rings (SSSR count). The highest BCUT2D eigenvalue weighted by atomic mass is 35.5. The highest BCUT2D eigenvalue weighted by Gasteiger charge is 2.00. The van der Waals surface area contributed by atoms with Crippen molar-refractivity contribution >= 4 is 41.0 Å². The van der Waals surface area contributed by atoms with Crippen LogP contribution in [-0.4, -0.2) is 18.0 Å². The molecule has 0 bridgehead atoms. The number of rotatable bonds is 4. The predicted octanol–water partition coefficient (Wildman–Crippen LogP) is 3.85. The van der Waals surface area contributed by atoms with Crippen molar-refractivity contribution in [3.63, 3.8) is 0 Å². The Morgan fingerprint density at radius 2 is 2.19 bits per heavy atom. The van der Waals surface area contributed by atoms with Crippen molar-refractivity contribution in [2.45, 2.75) is 0 Å². The molecule has 0 spiro atoms. The molecule has 16 heavy (non-hydrogen) atoms. The molecule has 0 fully saturated rings. The zero-order valence-corrected chi connectivity index (χ0v) is 10.3. The maximum Gasteiger partial charge on any atom is 0.121 e. The average molecular weight is 281 g/mol. The van der Waals surface area contributed by atoms with Gasteiger partial charge in [0.25, 0.3) is 0 Å². The third-order valence-corrected chi connectivity index (χ3v) is 2.29. The van der Waals surface area contributed by atoms with Crippen LogP contribution >= 0.6 is 34.8 Å². The van der Waals surface area contributed by atoms with Crippen LogP contribution in [0.15, 0.2) is 33.9 Å². The van der Waals surface area contributed by atoms with E-state index in [0.717, 1.165) is 0 Å². The van der Waals surface area contributed by atoms with E-state index >= 15 is 0 Å². The highest BCUT2D eigenvalue weighted by Crippen LogP contribution is 2.21. The summed E-state index contributed by atoms with van der Waals surface area (Å²) in [5.41, 5.74) is 0.599. The number of benzene rings is 1. The van der Waals surface area contributed by atoms with Crippen molar-refractivity contribution in [2.24, 2.45) is 5.16 Å². The maximum absolute atomic E-state index is 8.36. The molecule has 0 aliphatic rings. The van der Waals surface area contributed by atoms with Gasteiger partial charge in [-0.1, -0.05) is 40.0 Å². The second kappa shape index (κ2) is 6.63. The van der Waals surface area contributed by atoms with Gasteiger partial charge in [-0.05, 0) is 24.3 Å². The number of oxime groups is 1. The molecular weight excluding hydrogens is 272 g/mol. The van der Waals surface area contributed by atoms with E-state index in [1.165, 1.54) is 12.3 Å². The van der Waals surface area contributed by atoms with Crippen LogP contribution in [0.1, 0.15) is 5.56 Å². The first-order chi connectivity index (χ1) is 7.63. The molecule has 3 nitrogen and oxygen atoms in total. The van der Waals surface area contributed by atoms with Crippen LogP contribution in [0, 0.1) is 0 Å². The fourth-order valence-corrected chi connectivity index (χ4v) is 1.31. The Kier molecular flexibility index (Phi) is 5.46. The van der Waals surface area contributed by atoms with Gasteiger partial charge in [0.15, 0.2) is 0 Å². The second-order valence-electron chi connectivity index (χ2n) is 2.73. The molecule has 0 saturated carbocycles. The van der Waals surface area contributed by atoms with Crippen molar-refractivity contribution in [2.75, 3.05) is 6.61 Å². The van der Waals surface area contributed by atoms with Gasteiger partial charge in [-0.25, -0.2) is 0 Å². The van der Waals surface area contributed by atoms with Crippen LogP contribution in [0.25, 0.3) is 0 Å². The van der Waals surface area contributed by atoms with Gasteiger partial charge in [-0.3, -0.25) is 0 Å². The van der Waals surface area contributed by atoms with Crippen molar-refractivity contribution in [1.29, 1.82) is 0 Å². The summed E-state index contributed by atoms with van der Waals surface area (Å²) in [5, 5.41) is 11.7. The first-order valence-electron chi connectivity index (χ1n) is 4.24. The lowest BCUT2D eigenvalue weighted by atomic mass is 10.2. The van der Waals surface area contributed by atoms with Gasteiger partial charge >= 0.3 is 0 Å². The summed E-state index contributed by atoms with van der Waals surface area (Å²) in [4.78, 5) is 0. The quantitative estimate of drug-likeness (QED) is 0.517. The molecule has 0 amide bonds. The van der Waals surface area contributed by atoms with Crippen LogP contribution in [0.2, 0.25) is 5.02 Å². The minimum absolute atomic E-state index is 0.148. The molecule has 0 aromatic heterocycles. The second-order valence-corrected chi connectivity index (χ2v) is 4.15. The van der Waals surface area contributed by atoms with Gasteiger partial charge in [0.2, 0.25) is 0 Å². The lowest BCUT2D eigenvalue weighted by Crippen LogP contribution is -1.94. The molecular formula is C10H8Cl3NO2. The molecule has 1 N–H and O–H groups in total. The smallest absolute Gasteiger partial charge is 0.121 e. The predicted molar refractivity (Wildman–Crippen MR) is 66.1 cm³/mol. The summed E-state index contributed by atoms with van der Waals surface area (Å²) in [5.74, 6) is 0.575. The summed E-state index contributed by atoms with van der Waals surface area (Å²) >= 11 is 16.7. The summed E-state index contributed by atoms with van der Waals surface area (Å²) in [6.45, 7) is 0.256. The highest BCUT2D eigenvalue weighted by molar-refractivity contribution is 6.55. The van der Waals surface area contributed by atoms with Gasteiger partial charge in [-0.15, -0.1) is 0 Å². The maximum atomic E-state index is 8.36. The number of nitrogens with zero attached hydrogens (tertiary/aromatic N) is 1. The van der Waals surface area contributed by atoms with Crippen LogP contribution < -0.4 is 4.74 Å². The van der Waals surface area contributed by atoms with E-state index in [1.807, 2.05) is 0 Å². The molecule has 0 radical (unpaired) electrons. The largest absolute Gasteiger partial charge is 0.489 e. The molecule has 6 heteroatoms. The number of ether oxygens (including phenoxy) is 1. The van der Waals surface area contributed by atoms with E-state index in [-0.39, 0.29) is 11.1 Å². The molecule has 0 saturated heterocycles. The van der Waals surface area contributed by atoms with Crippen molar-refractivity contribution in [1.82, 2.24) is 0 Å². The van der Waals surface area contributed by atoms with E-state index in [0.29, 0.717) is 16.3 Å². The zero-order valence-electron chi connectivity index (χ0n) is 8.03. The number of hydrogen-bond donors (Lipinski definition) is 1. The summed E-state index contributed by atoms with van der Waals surface area (Å²) in [6.07, 6.45) is 2.75. The van der Waals surface area contributed by atoms with E-state index < -0.39 is 0 Å². The van der Waals surface area contributed by atoms with Crippen LogP contribution in [0.5, 0.6) is 5.75 Å².